The molecule has 1 aromatic rings. The number of phenolic OH excluding ortho intramolecular Hbond substituents is 1. The van der Waals surface area contributed by atoms with Crippen molar-refractivity contribution < 1.29 is 23.1 Å². The molecule has 1 amide bonds. The first-order valence-electron chi connectivity index (χ1n) is 8.34. The SMILES string of the molecule is CC(N)CC1(COc2ccc(C(=O)NS(C)(=O)=O)cc2O)CCCC1. The highest BCUT2D eigenvalue weighted by atomic mass is 32.2. The predicted molar refractivity (Wildman–Crippen MR) is 95.1 cm³/mol. The summed E-state index contributed by atoms with van der Waals surface area (Å²) in [6, 6.07) is 4.17. The van der Waals surface area contributed by atoms with E-state index in [2.05, 4.69) is 0 Å². The van der Waals surface area contributed by atoms with Crippen LogP contribution in [0.5, 0.6) is 11.5 Å². The van der Waals surface area contributed by atoms with Gasteiger partial charge in [0.15, 0.2) is 11.5 Å². The van der Waals surface area contributed by atoms with Crippen LogP contribution in [-0.4, -0.2) is 38.3 Å². The van der Waals surface area contributed by atoms with Gasteiger partial charge in [-0.1, -0.05) is 12.8 Å². The van der Waals surface area contributed by atoms with Gasteiger partial charge in [0.05, 0.1) is 12.9 Å². The highest BCUT2D eigenvalue weighted by Crippen LogP contribution is 2.42. The molecule has 7 nitrogen and oxygen atoms in total. The second-order valence-corrected chi connectivity index (χ2v) is 8.81. The number of carbonyl (C=O) groups excluding carboxylic acids is 1. The maximum atomic E-state index is 11.8. The van der Waals surface area contributed by atoms with E-state index in [1.807, 2.05) is 11.6 Å². The van der Waals surface area contributed by atoms with Crippen molar-refractivity contribution in [1.29, 1.82) is 0 Å². The van der Waals surface area contributed by atoms with Gasteiger partial charge in [0.1, 0.15) is 0 Å². The van der Waals surface area contributed by atoms with Crippen LogP contribution in [0.15, 0.2) is 18.2 Å². The van der Waals surface area contributed by atoms with Crippen LogP contribution >= 0.6 is 0 Å². The highest BCUT2D eigenvalue weighted by molar-refractivity contribution is 7.89. The molecule has 2 rings (SSSR count). The lowest BCUT2D eigenvalue weighted by atomic mass is 9.81. The van der Waals surface area contributed by atoms with Crippen LogP contribution in [0.2, 0.25) is 0 Å². The van der Waals surface area contributed by atoms with Gasteiger partial charge in [-0.2, -0.15) is 0 Å². The van der Waals surface area contributed by atoms with Gasteiger partial charge in [-0.25, -0.2) is 13.1 Å². The monoisotopic (exact) mass is 370 g/mol. The van der Waals surface area contributed by atoms with Gasteiger partial charge in [0.25, 0.3) is 5.91 Å². The van der Waals surface area contributed by atoms with E-state index in [0.717, 1.165) is 38.4 Å². The van der Waals surface area contributed by atoms with Gasteiger partial charge in [-0.3, -0.25) is 4.79 Å². The van der Waals surface area contributed by atoms with Crippen LogP contribution in [0.25, 0.3) is 0 Å². The van der Waals surface area contributed by atoms with Gasteiger partial charge >= 0.3 is 0 Å². The number of rotatable bonds is 7. The van der Waals surface area contributed by atoms with E-state index in [0.29, 0.717) is 6.61 Å². The molecule has 0 radical (unpaired) electrons. The van der Waals surface area contributed by atoms with Crippen LogP contribution in [0.4, 0.5) is 0 Å². The van der Waals surface area contributed by atoms with Crippen molar-refractivity contribution in [2.45, 2.75) is 45.1 Å². The molecule has 0 spiro atoms. The first-order chi connectivity index (χ1) is 11.6. The quantitative estimate of drug-likeness (QED) is 0.673. The molecule has 0 bridgehead atoms. The molecule has 0 saturated heterocycles. The molecule has 1 aromatic carbocycles. The first kappa shape index (κ1) is 19.5. The number of aromatic hydroxyl groups is 1. The Morgan fingerprint density at radius 1 is 1.40 bits per heavy atom. The maximum Gasteiger partial charge on any atom is 0.264 e. The molecule has 140 valence electrons. The Hall–Kier alpha value is -1.80. The molecule has 1 saturated carbocycles. The van der Waals surface area contributed by atoms with Crippen molar-refractivity contribution in [3.8, 4) is 11.5 Å². The summed E-state index contributed by atoms with van der Waals surface area (Å²) in [6.45, 7) is 2.43. The van der Waals surface area contributed by atoms with Crippen LogP contribution in [0, 0.1) is 5.41 Å². The molecule has 1 aliphatic rings. The first-order valence-corrected chi connectivity index (χ1v) is 10.2. The lowest BCUT2D eigenvalue weighted by Gasteiger charge is -2.30. The number of hydrogen-bond donors (Lipinski definition) is 3. The Bertz CT molecular complexity index is 725. The molecule has 8 heteroatoms. The number of phenols is 1. The van der Waals surface area contributed by atoms with E-state index in [1.54, 1.807) is 0 Å². The van der Waals surface area contributed by atoms with Crippen molar-refractivity contribution in [1.82, 2.24) is 4.72 Å². The zero-order valence-electron chi connectivity index (χ0n) is 14.6. The molecule has 1 fully saturated rings. The Labute approximate surface area is 148 Å². The van der Waals surface area contributed by atoms with Crippen molar-refractivity contribution in [3.63, 3.8) is 0 Å². The summed E-state index contributed by atoms with van der Waals surface area (Å²) in [6.07, 6.45) is 6.14. The second-order valence-electron chi connectivity index (χ2n) is 7.06. The Morgan fingerprint density at radius 2 is 2.04 bits per heavy atom. The summed E-state index contributed by atoms with van der Waals surface area (Å²) in [5.41, 5.74) is 6.03. The number of carbonyl (C=O) groups is 1. The number of sulfonamides is 1. The number of ether oxygens (including phenoxy) is 1. The lowest BCUT2D eigenvalue weighted by Crippen LogP contribution is -2.32. The number of amides is 1. The number of benzene rings is 1. The predicted octanol–water partition coefficient (Wildman–Crippen LogP) is 1.76. The average Bonchev–Trinajstić information content (AvgIpc) is 2.92. The van der Waals surface area contributed by atoms with E-state index in [4.69, 9.17) is 10.5 Å². The summed E-state index contributed by atoms with van der Waals surface area (Å²) in [5, 5.41) is 10.1. The standard InChI is InChI=1S/C17H26N2O5S/c1-12(18)10-17(7-3-4-8-17)11-24-15-6-5-13(9-14(15)20)16(21)19-25(2,22)23/h5-6,9,12,20H,3-4,7-8,10-11,18H2,1-2H3,(H,19,21). The zero-order valence-corrected chi connectivity index (χ0v) is 15.4. The van der Waals surface area contributed by atoms with Gasteiger partial charge < -0.3 is 15.6 Å². The van der Waals surface area contributed by atoms with Crippen molar-refractivity contribution in [2.75, 3.05) is 12.9 Å². The minimum Gasteiger partial charge on any atom is -0.504 e. The van der Waals surface area contributed by atoms with Gasteiger partial charge in [0, 0.05) is 17.0 Å². The van der Waals surface area contributed by atoms with E-state index in [-0.39, 0.29) is 28.5 Å². The van der Waals surface area contributed by atoms with Crippen LogP contribution in [0.1, 0.15) is 49.4 Å². The van der Waals surface area contributed by atoms with E-state index in [9.17, 15) is 18.3 Å². The fraction of sp³-hybridized carbons (Fsp3) is 0.588. The Kier molecular flexibility index (Phi) is 5.95. The summed E-state index contributed by atoms with van der Waals surface area (Å²) in [5.74, 6) is -0.726. The summed E-state index contributed by atoms with van der Waals surface area (Å²) >= 11 is 0. The van der Waals surface area contributed by atoms with Crippen molar-refractivity contribution in [3.05, 3.63) is 23.8 Å². The molecular formula is C17H26N2O5S. The molecule has 1 aliphatic carbocycles. The fourth-order valence-corrected chi connectivity index (χ4v) is 3.91. The van der Waals surface area contributed by atoms with Crippen LogP contribution in [-0.2, 0) is 10.0 Å². The highest BCUT2D eigenvalue weighted by Gasteiger charge is 2.35. The number of nitrogens with two attached hydrogens (primary N) is 1. The van der Waals surface area contributed by atoms with Crippen molar-refractivity contribution in [2.24, 2.45) is 11.1 Å². The topological polar surface area (TPSA) is 119 Å². The second kappa shape index (κ2) is 7.61. The van der Waals surface area contributed by atoms with Gasteiger partial charge in [-0.15, -0.1) is 0 Å². The smallest absolute Gasteiger partial charge is 0.264 e. The molecule has 25 heavy (non-hydrogen) atoms. The number of nitrogens with one attached hydrogen (secondary N) is 1. The number of hydrogen-bond acceptors (Lipinski definition) is 6. The van der Waals surface area contributed by atoms with E-state index in [1.165, 1.54) is 18.2 Å². The third kappa shape index (κ3) is 5.61. The van der Waals surface area contributed by atoms with Crippen LogP contribution < -0.4 is 15.2 Å². The third-order valence-electron chi connectivity index (χ3n) is 4.45. The fourth-order valence-electron chi connectivity index (χ4n) is 3.45. The Balaban J connectivity index is 2.07. The maximum absolute atomic E-state index is 11.8. The molecule has 0 heterocycles. The normalized spacial score (nSPS) is 17.9. The minimum absolute atomic E-state index is 0.0208. The average molecular weight is 370 g/mol. The minimum atomic E-state index is -3.66. The summed E-state index contributed by atoms with van der Waals surface area (Å²) in [7, 11) is -3.66. The van der Waals surface area contributed by atoms with E-state index >= 15 is 0 Å². The van der Waals surface area contributed by atoms with E-state index < -0.39 is 15.9 Å². The summed E-state index contributed by atoms with van der Waals surface area (Å²) in [4.78, 5) is 11.8. The Morgan fingerprint density at radius 3 is 2.56 bits per heavy atom. The largest absolute Gasteiger partial charge is 0.504 e. The molecule has 0 aromatic heterocycles. The lowest BCUT2D eigenvalue weighted by molar-refractivity contribution is 0.0980. The third-order valence-corrected chi connectivity index (χ3v) is 5.01. The zero-order chi connectivity index (χ0) is 18.7. The van der Waals surface area contributed by atoms with Crippen LogP contribution in [0.3, 0.4) is 0 Å². The summed E-state index contributed by atoms with van der Waals surface area (Å²) < 4.78 is 29.9. The molecule has 1 atom stereocenters. The molecule has 4 N–H and O–H groups in total. The molecule has 0 aliphatic heterocycles. The van der Waals surface area contributed by atoms with Gasteiger partial charge in [-0.05, 0) is 44.4 Å². The van der Waals surface area contributed by atoms with Crippen molar-refractivity contribution >= 4 is 15.9 Å². The molecular weight excluding hydrogens is 344 g/mol. The molecule has 1 unspecified atom stereocenters. The van der Waals surface area contributed by atoms with Gasteiger partial charge in [0.2, 0.25) is 10.0 Å².